The molecule has 0 aliphatic carbocycles. The number of hydrogen-bond donors (Lipinski definition) is 1. The summed E-state index contributed by atoms with van der Waals surface area (Å²) in [5.74, 6) is -1.42. The second-order valence-corrected chi connectivity index (χ2v) is 7.55. The van der Waals surface area contributed by atoms with E-state index in [-0.39, 0.29) is 22.6 Å². The molecule has 0 saturated carbocycles. The molecule has 0 radical (unpaired) electrons. The Labute approximate surface area is 144 Å². The first-order valence-corrected chi connectivity index (χ1v) is 8.90. The van der Waals surface area contributed by atoms with Gasteiger partial charge < -0.3 is 0 Å². The highest BCUT2D eigenvalue weighted by Gasteiger charge is 2.33. The third-order valence-corrected chi connectivity index (χ3v) is 5.47. The third kappa shape index (κ3) is 3.06. The van der Waals surface area contributed by atoms with Crippen molar-refractivity contribution in [1.29, 1.82) is 0 Å². The maximum absolute atomic E-state index is 13.5. The van der Waals surface area contributed by atoms with Gasteiger partial charge in [0.05, 0.1) is 16.0 Å². The van der Waals surface area contributed by atoms with Crippen molar-refractivity contribution in [3.05, 3.63) is 64.5 Å². The fourth-order valence-corrected chi connectivity index (χ4v) is 3.56. The quantitative estimate of drug-likeness (QED) is 0.841. The van der Waals surface area contributed by atoms with Gasteiger partial charge in [-0.3, -0.25) is 14.5 Å². The van der Waals surface area contributed by atoms with E-state index in [4.69, 9.17) is 0 Å². The van der Waals surface area contributed by atoms with E-state index < -0.39 is 27.7 Å². The molecule has 2 aromatic rings. The number of nitrogens with one attached hydrogen (secondary N) is 1. The first-order chi connectivity index (χ1) is 11.7. The molecule has 0 aromatic heterocycles. The van der Waals surface area contributed by atoms with E-state index in [1.807, 2.05) is 0 Å². The maximum atomic E-state index is 13.5. The number of nitrogens with zero attached hydrogens (tertiary/aromatic N) is 1. The highest BCUT2D eigenvalue weighted by Crippen LogP contribution is 2.24. The minimum atomic E-state index is -3.92. The van der Waals surface area contributed by atoms with E-state index in [9.17, 15) is 22.4 Å². The molecule has 2 amide bonds. The molecule has 3 rings (SSSR count). The average molecular weight is 362 g/mol. The summed E-state index contributed by atoms with van der Waals surface area (Å²) in [5, 5.41) is 0. The lowest BCUT2D eigenvalue weighted by Crippen LogP contribution is -2.24. The van der Waals surface area contributed by atoms with E-state index in [1.54, 1.807) is 19.1 Å². The number of hydrogen-bond acceptors (Lipinski definition) is 4. The summed E-state index contributed by atoms with van der Waals surface area (Å²) in [6, 6.07) is 8.21. The first kappa shape index (κ1) is 17.2. The zero-order chi connectivity index (χ0) is 18.4. The molecule has 0 spiro atoms. The van der Waals surface area contributed by atoms with Gasteiger partial charge in [-0.2, -0.15) is 0 Å². The van der Waals surface area contributed by atoms with Crippen molar-refractivity contribution in [2.24, 2.45) is 0 Å². The molecule has 0 bridgehead atoms. The van der Waals surface area contributed by atoms with Gasteiger partial charge in [0.25, 0.3) is 11.8 Å². The normalized spacial score (nSPS) is 14.1. The molecule has 0 saturated heterocycles. The summed E-state index contributed by atoms with van der Waals surface area (Å²) in [4.78, 5) is 24.6. The van der Waals surface area contributed by atoms with Gasteiger partial charge in [-0.1, -0.05) is 12.1 Å². The van der Waals surface area contributed by atoms with Gasteiger partial charge in [-0.25, -0.2) is 17.5 Å². The minimum Gasteiger partial charge on any atom is -0.277 e. The van der Waals surface area contributed by atoms with Crippen molar-refractivity contribution in [2.75, 3.05) is 7.05 Å². The van der Waals surface area contributed by atoms with Crippen LogP contribution in [0.5, 0.6) is 0 Å². The lowest BCUT2D eigenvalue weighted by molar-refractivity contribution is 0.0693. The standard InChI is InChI=1S/C17H15FN2O4S/c1-10-3-4-11(7-15(10)18)9-19-25(23,24)12-5-6-13-14(8-12)17(22)20(2)16(13)21/h3-8,19H,9H2,1-2H3. The molecule has 0 atom stereocenters. The Morgan fingerprint density at radius 1 is 1.04 bits per heavy atom. The molecule has 2 aromatic carbocycles. The van der Waals surface area contributed by atoms with E-state index in [2.05, 4.69) is 4.72 Å². The number of rotatable bonds is 4. The minimum absolute atomic E-state index is 0.0526. The van der Waals surface area contributed by atoms with Crippen LogP contribution >= 0.6 is 0 Å². The van der Waals surface area contributed by atoms with Gasteiger partial charge in [-0.15, -0.1) is 0 Å². The van der Waals surface area contributed by atoms with Crippen molar-refractivity contribution in [2.45, 2.75) is 18.4 Å². The summed E-state index contributed by atoms with van der Waals surface area (Å²) in [6.45, 7) is 1.52. The van der Waals surface area contributed by atoms with Crippen molar-refractivity contribution >= 4 is 21.8 Å². The summed E-state index contributed by atoms with van der Waals surface area (Å²) in [5.41, 5.74) is 1.17. The second-order valence-electron chi connectivity index (χ2n) is 5.78. The van der Waals surface area contributed by atoms with E-state index in [0.717, 1.165) is 4.90 Å². The number of imide groups is 1. The molecule has 8 heteroatoms. The highest BCUT2D eigenvalue weighted by atomic mass is 32.2. The molecule has 1 aliphatic heterocycles. The number of aryl methyl sites for hydroxylation is 1. The molecule has 130 valence electrons. The number of amides is 2. The van der Waals surface area contributed by atoms with Crippen molar-refractivity contribution in [3.63, 3.8) is 0 Å². The van der Waals surface area contributed by atoms with Gasteiger partial charge in [0.1, 0.15) is 5.82 Å². The molecular weight excluding hydrogens is 347 g/mol. The Bertz CT molecular complexity index is 1000. The fraction of sp³-hybridized carbons (Fsp3) is 0.176. The molecule has 0 unspecified atom stereocenters. The number of fused-ring (bicyclic) bond motifs is 1. The summed E-state index contributed by atoms with van der Waals surface area (Å²) in [7, 11) is -2.58. The second kappa shape index (κ2) is 6.05. The van der Waals surface area contributed by atoms with Gasteiger partial charge in [0.2, 0.25) is 10.0 Å². The molecule has 1 N–H and O–H groups in total. The Hall–Kier alpha value is -2.58. The van der Waals surface area contributed by atoms with Gasteiger partial charge in [0, 0.05) is 13.6 Å². The smallest absolute Gasteiger partial charge is 0.261 e. The number of halogens is 1. The van der Waals surface area contributed by atoms with Crippen molar-refractivity contribution in [3.8, 4) is 0 Å². The van der Waals surface area contributed by atoms with Crippen LogP contribution in [0.25, 0.3) is 0 Å². The number of carbonyl (C=O) groups excluding carboxylic acids is 2. The monoisotopic (exact) mass is 362 g/mol. The SMILES string of the molecule is Cc1ccc(CNS(=O)(=O)c2ccc3c(c2)C(=O)N(C)C3=O)cc1F. The van der Waals surface area contributed by atoms with Crippen LogP contribution in [0.2, 0.25) is 0 Å². The van der Waals surface area contributed by atoms with Crippen LogP contribution in [0.3, 0.4) is 0 Å². The largest absolute Gasteiger partial charge is 0.277 e. The van der Waals surface area contributed by atoms with E-state index >= 15 is 0 Å². The highest BCUT2D eigenvalue weighted by molar-refractivity contribution is 7.89. The first-order valence-electron chi connectivity index (χ1n) is 7.42. The fourth-order valence-electron chi connectivity index (χ4n) is 2.52. The summed E-state index contributed by atoms with van der Waals surface area (Å²) >= 11 is 0. The Morgan fingerprint density at radius 2 is 1.72 bits per heavy atom. The van der Waals surface area contributed by atoms with Gasteiger partial charge >= 0.3 is 0 Å². The van der Waals surface area contributed by atoms with Crippen LogP contribution in [-0.2, 0) is 16.6 Å². The Balaban J connectivity index is 1.85. The number of carbonyl (C=O) groups is 2. The zero-order valence-electron chi connectivity index (χ0n) is 13.5. The molecule has 25 heavy (non-hydrogen) atoms. The van der Waals surface area contributed by atoms with E-state index in [0.29, 0.717) is 11.1 Å². The third-order valence-electron chi connectivity index (χ3n) is 4.07. The van der Waals surface area contributed by atoms with E-state index in [1.165, 1.54) is 31.3 Å². The predicted octanol–water partition coefficient (Wildman–Crippen LogP) is 1.84. The molecule has 1 heterocycles. The summed E-state index contributed by atoms with van der Waals surface area (Å²) in [6.07, 6.45) is 0. The lowest BCUT2D eigenvalue weighted by Gasteiger charge is -2.08. The van der Waals surface area contributed by atoms with Crippen LogP contribution in [-0.4, -0.2) is 32.2 Å². The van der Waals surface area contributed by atoms with Gasteiger partial charge in [-0.05, 0) is 42.3 Å². The number of benzene rings is 2. The lowest BCUT2D eigenvalue weighted by atomic mass is 10.1. The van der Waals surface area contributed by atoms with Crippen LogP contribution in [0.4, 0.5) is 4.39 Å². The zero-order valence-corrected chi connectivity index (χ0v) is 14.4. The Morgan fingerprint density at radius 3 is 2.40 bits per heavy atom. The molecule has 6 nitrogen and oxygen atoms in total. The van der Waals surface area contributed by atoms with Crippen molar-refractivity contribution < 1.29 is 22.4 Å². The van der Waals surface area contributed by atoms with Crippen LogP contribution in [0.15, 0.2) is 41.3 Å². The van der Waals surface area contributed by atoms with Crippen LogP contribution in [0.1, 0.15) is 31.8 Å². The van der Waals surface area contributed by atoms with Gasteiger partial charge in [0.15, 0.2) is 0 Å². The van der Waals surface area contributed by atoms with Crippen LogP contribution in [0, 0.1) is 12.7 Å². The Kier molecular flexibility index (Phi) is 4.18. The summed E-state index contributed by atoms with van der Waals surface area (Å²) < 4.78 is 40.7. The predicted molar refractivity (Wildman–Crippen MR) is 88.0 cm³/mol. The molecular formula is C17H15FN2O4S. The topological polar surface area (TPSA) is 83.6 Å². The molecule has 1 aliphatic rings. The van der Waals surface area contributed by atoms with Crippen LogP contribution < -0.4 is 4.72 Å². The number of sulfonamides is 1. The average Bonchev–Trinajstić information content (AvgIpc) is 2.80. The van der Waals surface area contributed by atoms with Crippen molar-refractivity contribution in [1.82, 2.24) is 9.62 Å². The maximum Gasteiger partial charge on any atom is 0.261 e. The molecule has 0 fully saturated rings.